The van der Waals surface area contributed by atoms with E-state index in [-0.39, 0.29) is 0 Å². The minimum atomic E-state index is -1.91. The molecule has 0 rings (SSSR count). The van der Waals surface area contributed by atoms with Crippen molar-refractivity contribution in [2.45, 2.75) is 26.4 Å². The summed E-state index contributed by atoms with van der Waals surface area (Å²) in [5.41, 5.74) is 0. The van der Waals surface area contributed by atoms with Gasteiger partial charge in [-0.05, 0) is 25.8 Å². The van der Waals surface area contributed by atoms with E-state index in [0.717, 1.165) is 6.04 Å². The predicted octanol–water partition coefficient (Wildman–Crippen LogP) is 2.13. The van der Waals surface area contributed by atoms with Gasteiger partial charge in [0.05, 0.1) is 0 Å². The van der Waals surface area contributed by atoms with Crippen LogP contribution in [0.1, 0.15) is 13.8 Å². The van der Waals surface area contributed by atoms with E-state index < -0.39 is 8.56 Å². The first kappa shape index (κ1) is 11.2. The summed E-state index contributed by atoms with van der Waals surface area (Å²) in [5.74, 6) is 0. The van der Waals surface area contributed by atoms with Crippen molar-refractivity contribution in [3.8, 4) is 0 Å². The molecule has 0 bridgehead atoms. The SMILES string of the molecule is CCO[Si](C)(CC=S)OCC. The molecule has 0 aromatic rings. The van der Waals surface area contributed by atoms with Gasteiger partial charge in [-0.2, -0.15) is 0 Å². The van der Waals surface area contributed by atoms with Crippen LogP contribution in [0.4, 0.5) is 0 Å². The van der Waals surface area contributed by atoms with Crippen LogP contribution in [0.3, 0.4) is 0 Å². The first-order valence-corrected chi connectivity index (χ1v) is 6.89. The molecule has 0 saturated heterocycles. The molecule has 0 heterocycles. The number of hydrogen-bond acceptors (Lipinski definition) is 3. The summed E-state index contributed by atoms with van der Waals surface area (Å²) in [6, 6.07) is 0.796. The molecule has 0 fully saturated rings. The lowest BCUT2D eigenvalue weighted by atomic mass is 10.9. The van der Waals surface area contributed by atoms with E-state index in [9.17, 15) is 0 Å². The predicted molar refractivity (Wildman–Crippen MR) is 53.3 cm³/mol. The van der Waals surface area contributed by atoms with E-state index in [0.29, 0.717) is 13.2 Å². The molecule has 0 spiro atoms. The average molecular weight is 192 g/mol. The Hall–Kier alpha value is 0.227. The Bertz CT molecular complexity index is 113. The first-order valence-electron chi connectivity index (χ1n) is 3.90. The van der Waals surface area contributed by atoms with Crippen molar-refractivity contribution in [2.24, 2.45) is 0 Å². The Kier molecular flexibility index (Phi) is 5.94. The summed E-state index contributed by atoms with van der Waals surface area (Å²) in [6.45, 7) is 7.43. The van der Waals surface area contributed by atoms with E-state index in [1.807, 2.05) is 20.4 Å². The van der Waals surface area contributed by atoms with Crippen molar-refractivity contribution in [1.29, 1.82) is 0 Å². The van der Waals surface area contributed by atoms with E-state index in [1.54, 1.807) is 5.37 Å². The summed E-state index contributed by atoms with van der Waals surface area (Å²) in [6.07, 6.45) is 0. The van der Waals surface area contributed by atoms with Crippen molar-refractivity contribution in [2.75, 3.05) is 13.2 Å². The van der Waals surface area contributed by atoms with Crippen LogP contribution in [-0.2, 0) is 8.85 Å². The average Bonchev–Trinajstić information content (AvgIpc) is 1.88. The zero-order valence-corrected chi connectivity index (χ0v) is 9.24. The number of rotatable bonds is 6. The van der Waals surface area contributed by atoms with Crippen LogP contribution in [0, 0.1) is 0 Å². The summed E-state index contributed by atoms with van der Waals surface area (Å²) in [5, 5.41) is 1.71. The van der Waals surface area contributed by atoms with Gasteiger partial charge in [0.15, 0.2) is 0 Å². The quantitative estimate of drug-likeness (QED) is 0.474. The Labute approximate surface area is 75.1 Å². The van der Waals surface area contributed by atoms with Crippen LogP contribution >= 0.6 is 12.2 Å². The summed E-state index contributed by atoms with van der Waals surface area (Å²) >= 11 is 4.78. The van der Waals surface area contributed by atoms with Gasteiger partial charge in [-0.3, -0.25) is 0 Å². The van der Waals surface area contributed by atoms with E-state index >= 15 is 0 Å². The second-order valence-electron chi connectivity index (χ2n) is 2.37. The zero-order valence-electron chi connectivity index (χ0n) is 7.42. The Morgan fingerprint density at radius 1 is 1.27 bits per heavy atom. The van der Waals surface area contributed by atoms with Crippen molar-refractivity contribution < 1.29 is 8.85 Å². The van der Waals surface area contributed by atoms with E-state index in [2.05, 4.69) is 0 Å². The summed E-state index contributed by atoms with van der Waals surface area (Å²) in [7, 11) is -1.91. The highest BCUT2D eigenvalue weighted by atomic mass is 32.1. The fourth-order valence-corrected chi connectivity index (χ4v) is 3.67. The topological polar surface area (TPSA) is 18.5 Å². The highest BCUT2D eigenvalue weighted by Crippen LogP contribution is 2.11. The van der Waals surface area contributed by atoms with Gasteiger partial charge >= 0.3 is 8.56 Å². The third kappa shape index (κ3) is 4.63. The van der Waals surface area contributed by atoms with Crippen LogP contribution in [0.15, 0.2) is 0 Å². The minimum Gasteiger partial charge on any atom is -0.394 e. The molecule has 0 saturated carbocycles. The Morgan fingerprint density at radius 2 is 1.73 bits per heavy atom. The number of hydrogen-bond donors (Lipinski definition) is 0. The second kappa shape index (κ2) is 5.82. The maximum atomic E-state index is 5.53. The van der Waals surface area contributed by atoms with Gasteiger partial charge in [0.2, 0.25) is 0 Å². The molecule has 0 unspecified atom stereocenters. The molecule has 0 radical (unpaired) electrons. The monoisotopic (exact) mass is 192 g/mol. The summed E-state index contributed by atoms with van der Waals surface area (Å²) in [4.78, 5) is 0. The molecule has 0 aromatic carbocycles. The highest BCUT2D eigenvalue weighted by Gasteiger charge is 2.28. The standard InChI is InChI=1S/C7H16O2SSi/c1-4-8-11(3,7-6-10)9-5-2/h6H,4-5,7H2,1-3H3. The molecular formula is C7H16O2SSi. The van der Waals surface area contributed by atoms with Crippen molar-refractivity contribution in [3.05, 3.63) is 0 Å². The molecule has 0 atom stereocenters. The molecule has 4 heteroatoms. The number of thiocarbonyl (C=S) groups is 1. The molecule has 0 aromatic heterocycles. The molecular weight excluding hydrogens is 176 g/mol. The molecule has 0 aliphatic rings. The van der Waals surface area contributed by atoms with Crippen LogP contribution in [-0.4, -0.2) is 27.1 Å². The largest absolute Gasteiger partial charge is 0.394 e. The molecule has 0 N–H and O–H groups in total. The van der Waals surface area contributed by atoms with Crippen LogP contribution < -0.4 is 0 Å². The molecule has 66 valence electrons. The Morgan fingerprint density at radius 3 is 2.00 bits per heavy atom. The van der Waals surface area contributed by atoms with Crippen molar-refractivity contribution >= 4 is 26.1 Å². The van der Waals surface area contributed by atoms with Gasteiger partial charge in [0.1, 0.15) is 0 Å². The fraction of sp³-hybridized carbons (Fsp3) is 0.857. The highest BCUT2D eigenvalue weighted by molar-refractivity contribution is 7.79. The van der Waals surface area contributed by atoms with Gasteiger partial charge in [-0.25, -0.2) is 0 Å². The fourth-order valence-electron chi connectivity index (χ4n) is 0.922. The smallest absolute Gasteiger partial charge is 0.339 e. The van der Waals surface area contributed by atoms with Gasteiger partial charge in [-0.15, -0.1) is 0 Å². The summed E-state index contributed by atoms with van der Waals surface area (Å²) < 4.78 is 11.1. The zero-order chi connectivity index (χ0) is 8.74. The maximum Gasteiger partial charge on any atom is 0.339 e. The third-order valence-electron chi connectivity index (χ3n) is 1.35. The van der Waals surface area contributed by atoms with Crippen LogP contribution in [0.25, 0.3) is 0 Å². The second-order valence-corrected chi connectivity index (χ2v) is 5.96. The van der Waals surface area contributed by atoms with E-state index in [1.165, 1.54) is 0 Å². The van der Waals surface area contributed by atoms with Crippen molar-refractivity contribution in [3.63, 3.8) is 0 Å². The minimum absolute atomic E-state index is 0.714. The molecule has 2 nitrogen and oxygen atoms in total. The van der Waals surface area contributed by atoms with Gasteiger partial charge in [0, 0.05) is 19.3 Å². The van der Waals surface area contributed by atoms with Gasteiger partial charge < -0.3 is 8.85 Å². The lowest BCUT2D eigenvalue weighted by molar-refractivity contribution is 0.193. The van der Waals surface area contributed by atoms with Crippen LogP contribution in [0.2, 0.25) is 12.6 Å². The maximum absolute atomic E-state index is 5.53. The molecule has 11 heavy (non-hydrogen) atoms. The first-order chi connectivity index (χ1) is 5.18. The lowest BCUT2D eigenvalue weighted by Gasteiger charge is -2.23. The Balaban J connectivity index is 3.88. The lowest BCUT2D eigenvalue weighted by Crippen LogP contribution is -2.38. The molecule has 0 amide bonds. The van der Waals surface area contributed by atoms with E-state index in [4.69, 9.17) is 21.1 Å². The normalized spacial score (nSPS) is 11.5. The van der Waals surface area contributed by atoms with Gasteiger partial charge in [0.25, 0.3) is 0 Å². The van der Waals surface area contributed by atoms with Crippen molar-refractivity contribution in [1.82, 2.24) is 0 Å². The third-order valence-corrected chi connectivity index (χ3v) is 4.56. The molecule has 0 aliphatic heterocycles. The van der Waals surface area contributed by atoms with Crippen LogP contribution in [0.5, 0.6) is 0 Å². The van der Waals surface area contributed by atoms with Gasteiger partial charge in [-0.1, -0.05) is 12.2 Å². The molecule has 0 aliphatic carbocycles.